The van der Waals surface area contributed by atoms with Gasteiger partial charge in [-0.25, -0.2) is 9.37 Å². The zero-order valence-electron chi connectivity index (χ0n) is 9.78. The first kappa shape index (κ1) is 10.5. The van der Waals surface area contributed by atoms with Crippen molar-refractivity contribution in [2.24, 2.45) is 7.05 Å². The van der Waals surface area contributed by atoms with Gasteiger partial charge in [0.25, 0.3) is 0 Å². The van der Waals surface area contributed by atoms with Crippen molar-refractivity contribution < 1.29 is 4.39 Å². The van der Waals surface area contributed by atoms with Crippen LogP contribution in [0.3, 0.4) is 0 Å². The Hall–Kier alpha value is -1.62. The third-order valence-corrected chi connectivity index (χ3v) is 3.25. The van der Waals surface area contributed by atoms with Gasteiger partial charge in [0.05, 0.1) is 6.20 Å². The molecule has 0 aromatic carbocycles. The number of hydrogen-bond acceptors (Lipinski definition) is 3. The summed E-state index contributed by atoms with van der Waals surface area (Å²) < 4.78 is 15.2. The summed E-state index contributed by atoms with van der Waals surface area (Å²) in [5.41, 5.74) is 0.833. The van der Waals surface area contributed by atoms with Crippen LogP contribution in [0, 0.1) is 5.82 Å². The van der Waals surface area contributed by atoms with E-state index in [-0.39, 0.29) is 5.82 Å². The van der Waals surface area contributed by atoms with Crippen molar-refractivity contribution in [1.29, 1.82) is 0 Å². The molecule has 90 valence electrons. The molecular formula is C12H15FN4. The molecule has 1 fully saturated rings. The summed E-state index contributed by atoms with van der Waals surface area (Å²) >= 11 is 0. The summed E-state index contributed by atoms with van der Waals surface area (Å²) in [5, 5.41) is 4.18. The standard InChI is InChI=1S/C12H15FN4/c1-16-11(17-4-2-14-3-5-17)7-9-6-10(13)8-15-12(9)16/h6-8,14H,2-5H2,1H3. The number of nitrogens with zero attached hydrogens (tertiary/aromatic N) is 3. The van der Waals surface area contributed by atoms with E-state index in [2.05, 4.69) is 15.2 Å². The normalized spacial score (nSPS) is 16.7. The maximum absolute atomic E-state index is 13.1. The highest BCUT2D eigenvalue weighted by molar-refractivity contribution is 5.81. The maximum atomic E-state index is 13.1. The van der Waals surface area contributed by atoms with Gasteiger partial charge in [-0.15, -0.1) is 0 Å². The molecule has 0 spiro atoms. The van der Waals surface area contributed by atoms with E-state index in [4.69, 9.17) is 0 Å². The maximum Gasteiger partial charge on any atom is 0.142 e. The number of pyridine rings is 1. The van der Waals surface area contributed by atoms with Crippen LogP contribution in [0.2, 0.25) is 0 Å². The van der Waals surface area contributed by atoms with Gasteiger partial charge < -0.3 is 14.8 Å². The van der Waals surface area contributed by atoms with E-state index in [1.165, 1.54) is 12.3 Å². The highest BCUT2D eigenvalue weighted by atomic mass is 19.1. The predicted octanol–water partition coefficient (Wildman–Crippen LogP) is 1.12. The van der Waals surface area contributed by atoms with E-state index >= 15 is 0 Å². The van der Waals surface area contributed by atoms with Crippen molar-refractivity contribution in [2.75, 3.05) is 31.1 Å². The van der Waals surface area contributed by atoms with Gasteiger partial charge in [-0.1, -0.05) is 0 Å². The predicted molar refractivity (Wildman–Crippen MR) is 65.8 cm³/mol. The van der Waals surface area contributed by atoms with Gasteiger partial charge in [-0.05, 0) is 12.1 Å². The average Bonchev–Trinajstić information content (AvgIpc) is 2.67. The largest absolute Gasteiger partial charge is 0.355 e. The molecule has 0 aliphatic carbocycles. The third-order valence-electron chi connectivity index (χ3n) is 3.25. The summed E-state index contributed by atoms with van der Waals surface area (Å²) in [5.74, 6) is 0.828. The van der Waals surface area contributed by atoms with Crippen LogP contribution >= 0.6 is 0 Å². The van der Waals surface area contributed by atoms with Gasteiger partial charge in [0.2, 0.25) is 0 Å². The molecule has 0 radical (unpaired) electrons. The number of nitrogens with one attached hydrogen (secondary N) is 1. The fourth-order valence-corrected chi connectivity index (χ4v) is 2.38. The summed E-state index contributed by atoms with van der Waals surface area (Å²) in [6.07, 6.45) is 1.27. The molecule has 0 atom stereocenters. The Morgan fingerprint density at radius 3 is 2.82 bits per heavy atom. The fourth-order valence-electron chi connectivity index (χ4n) is 2.38. The van der Waals surface area contributed by atoms with Gasteiger partial charge in [-0.2, -0.15) is 0 Å². The molecule has 3 heterocycles. The number of rotatable bonds is 1. The molecule has 17 heavy (non-hydrogen) atoms. The lowest BCUT2D eigenvalue weighted by Crippen LogP contribution is -2.44. The number of halogens is 1. The lowest BCUT2D eigenvalue weighted by atomic mass is 10.3. The van der Waals surface area contributed by atoms with Crippen molar-refractivity contribution in [3.8, 4) is 0 Å². The van der Waals surface area contributed by atoms with E-state index < -0.39 is 0 Å². The molecular weight excluding hydrogens is 219 g/mol. The minimum Gasteiger partial charge on any atom is -0.355 e. The Bertz CT molecular complexity index is 543. The molecule has 1 N–H and O–H groups in total. The Morgan fingerprint density at radius 2 is 2.06 bits per heavy atom. The monoisotopic (exact) mass is 234 g/mol. The summed E-state index contributed by atoms with van der Waals surface area (Å²) in [6.45, 7) is 3.94. The van der Waals surface area contributed by atoms with Crippen molar-refractivity contribution in [3.05, 3.63) is 24.1 Å². The number of fused-ring (bicyclic) bond motifs is 1. The van der Waals surface area contributed by atoms with Gasteiger partial charge in [0, 0.05) is 38.6 Å². The zero-order chi connectivity index (χ0) is 11.8. The summed E-state index contributed by atoms with van der Waals surface area (Å²) in [7, 11) is 1.98. The minimum atomic E-state index is -0.282. The molecule has 0 saturated carbocycles. The number of hydrogen-bond donors (Lipinski definition) is 1. The number of aromatic nitrogens is 2. The highest BCUT2D eigenvalue weighted by Crippen LogP contribution is 2.24. The van der Waals surface area contributed by atoms with Crippen LogP contribution < -0.4 is 10.2 Å². The second kappa shape index (κ2) is 4.00. The van der Waals surface area contributed by atoms with Gasteiger partial charge >= 0.3 is 0 Å². The van der Waals surface area contributed by atoms with Crippen LogP contribution in [-0.4, -0.2) is 35.7 Å². The van der Waals surface area contributed by atoms with Crippen LogP contribution in [0.15, 0.2) is 18.3 Å². The van der Waals surface area contributed by atoms with Gasteiger partial charge in [0.1, 0.15) is 17.3 Å². The van der Waals surface area contributed by atoms with E-state index in [1.807, 2.05) is 17.7 Å². The zero-order valence-corrected chi connectivity index (χ0v) is 9.78. The van der Waals surface area contributed by atoms with Gasteiger partial charge in [0.15, 0.2) is 0 Å². The van der Waals surface area contributed by atoms with E-state index in [1.54, 1.807) is 0 Å². The molecule has 4 nitrogen and oxygen atoms in total. The van der Waals surface area contributed by atoms with E-state index in [0.29, 0.717) is 0 Å². The second-order valence-corrected chi connectivity index (χ2v) is 4.36. The van der Waals surface area contributed by atoms with E-state index in [9.17, 15) is 4.39 Å². The van der Waals surface area contributed by atoms with Crippen LogP contribution in [0.1, 0.15) is 0 Å². The Kier molecular flexibility index (Phi) is 2.48. The second-order valence-electron chi connectivity index (χ2n) is 4.36. The fraction of sp³-hybridized carbons (Fsp3) is 0.417. The smallest absolute Gasteiger partial charge is 0.142 e. The molecule has 2 aromatic heterocycles. The van der Waals surface area contributed by atoms with E-state index in [0.717, 1.165) is 43.0 Å². The molecule has 2 aromatic rings. The minimum absolute atomic E-state index is 0.282. The molecule has 5 heteroatoms. The molecule has 1 aliphatic rings. The number of piperazine rings is 1. The highest BCUT2D eigenvalue weighted by Gasteiger charge is 2.16. The summed E-state index contributed by atoms with van der Waals surface area (Å²) in [6, 6.07) is 3.55. The molecule has 1 saturated heterocycles. The Morgan fingerprint density at radius 1 is 1.29 bits per heavy atom. The third kappa shape index (κ3) is 1.76. The molecule has 0 unspecified atom stereocenters. The molecule has 0 bridgehead atoms. The molecule has 1 aliphatic heterocycles. The average molecular weight is 234 g/mol. The van der Waals surface area contributed by atoms with Crippen LogP contribution in [-0.2, 0) is 7.05 Å². The van der Waals surface area contributed by atoms with Crippen LogP contribution in [0.25, 0.3) is 11.0 Å². The SMILES string of the molecule is Cn1c(N2CCNCC2)cc2cc(F)cnc21. The molecule has 3 rings (SSSR count). The first-order valence-corrected chi connectivity index (χ1v) is 5.82. The van der Waals surface area contributed by atoms with Gasteiger partial charge in [-0.3, -0.25) is 0 Å². The quantitative estimate of drug-likeness (QED) is 0.802. The van der Waals surface area contributed by atoms with Crippen molar-refractivity contribution in [1.82, 2.24) is 14.9 Å². The Balaban J connectivity index is 2.07. The lowest BCUT2D eigenvalue weighted by molar-refractivity contribution is 0.579. The first-order valence-electron chi connectivity index (χ1n) is 5.82. The lowest BCUT2D eigenvalue weighted by Gasteiger charge is -2.29. The van der Waals surface area contributed by atoms with Crippen molar-refractivity contribution in [2.45, 2.75) is 0 Å². The Labute approximate surface area is 99.0 Å². The van der Waals surface area contributed by atoms with Crippen molar-refractivity contribution >= 4 is 16.9 Å². The molecule has 0 amide bonds. The van der Waals surface area contributed by atoms with Crippen molar-refractivity contribution in [3.63, 3.8) is 0 Å². The first-order chi connectivity index (χ1) is 8.25. The topological polar surface area (TPSA) is 33.1 Å². The number of aryl methyl sites for hydroxylation is 1. The number of anilines is 1. The summed E-state index contributed by atoms with van der Waals surface area (Å²) in [4.78, 5) is 6.44. The van der Waals surface area contributed by atoms with Crippen LogP contribution in [0.4, 0.5) is 10.2 Å². The van der Waals surface area contributed by atoms with Crippen LogP contribution in [0.5, 0.6) is 0 Å².